The molecule has 0 aliphatic heterocycles. The first-order valence-corrected chi connectivity index (χ1v) is 6.47. The third kappa shape index (κ3) is 4.87. The van der Waals surface area contributed by atoms with Crippen LogP contribution in [-0.2, 0) is 4.79 Å². The van der Waals surface area contributed by atoms with Crippen LogP contribution < -0.4 is 10.6 Å². The van der Waals surface area contributed by atoms with Gasteiger partial charge in [-0.3, -0.25) is 4.79 Å². The lowest BCUT2D eigenvalue weighted by Gasteiger charge is -2.19. The quantitative estimate of drug-likeness (QED) is 0.750. The topological polar surface area (TPSA) is 78.4 Å². The van der Waals surface area contributed by atoms with E-state index >= 15 is 0 Å². The summed E-state index contributed by atoms with van der Waals surface area (Å²) in [5, 5.41) is 13.9. The van der Waals surface area contributed by atoms with Crippen molar-refractivity contribution in [2.24, 2.45) is 0 Å². The van der Waals surface area contributed by atoms with Crippen molar-refractivity contribution in [1.82, 2.24) is 10.6 Å². The van der Waals surface area contributed by atoms with E-state index in [4.69, 9.17) is 5.11 Å². The molecule has 3 N–H and O–H groups in total. The van der Waals surface area contributed by atoms with Crippen LogP contribution >= 0.6 is 0 Å². The smallest absolute Gasteiger partial charge is 0.315 e. The van der Waals surface area contributed by atoms with E-state index in [1.54, 1.807) is 32.0 Å². The van der Waals surface area contributed by atoms with Gasteiger partial charge in [0, 0.05) is 11.6 Å². The molecule has 1 aromatic carbocycles. The van der Waals surface area contributed by atoms with Crippen molar-refractivity contribution in [2.75, 3.05) is 0 Å². The highest BCUT2D eigenvalue weighted by Crippen LogP contribution is 2.15. The summed E-state index contributed by atoms with van der Waals surface area (Å²) >= 11 is 0. The van der Waals surface area contributed by atoms with Gasteiger partial charge in [-0.05, 0) is 19.4 Å². The number of benzene rings is 1. The molecule has 0 bridgehead atoms. The molecule has 2 amide bonds. The number of rotatable bonds is 6. The van der Waals surface area contributed by atoms with Crippen molar-refractivity contribution >= 4 is 12.0 Å². The molecule has 2 unspecified atom stereocenters. The number of nitrogens with one attached hydrogen (secondary N) is 2. The SMILES string of the molecule is CCC(CC(=O)O)NC(=O)NC(C)c1ccccc1F. The Kier molecular flexibility index (Phi) is 5.96. The molecule has 0 saturated heterocycles. The highest BCUT2D eigenvalue weighted by Gasteiger charge is 2.17. The molecule has 0 aliphatic rings. The monoisotopic (exact) mass is 282 g/mol. The molecular formula is C14H19FN2O3. The summed E-state index contributed by atoms with van der Waals surface area (Å²) in [5.74, 6) is -1.36. The molecule has 1 aromatic rings. The number of carboxylic acid groups (broad SMARTS) is 1. The molecule has 6 heteroatoms. The van der Waals surface area contributed by atoms with Gasteiger partial charge in [0.05, 0.1) is 12.5 Å². The van der Waals surface area contributed by atoms with Gasteiger partial charge in [0.1, 0.15) is 5.82 Å². The summed E-state index contributed by atoms with van der Waals surface area (Å²) in [6, 6.07) is 4.73. The Balaban J connectivity index is 2.57. The van der Waals surface area contributed by atoms with E-state index in [0.717, 1.165) is 0 Å². The molecule has 2 atom stereocenters. The maximum atomic E-state index is 13.5. The number of amides is 2. The largest absolute Gasteiger partial charge is 0.481 e. The average Bonchev–Trinajstić information content (AvgIpc) is 2.37. The summed E-state index contributed by atoms with van der Waals surface area (Å²) in [5.41, 5.74) is 0.383. The first-order chi connectivity index (χ1) is 9.43. The molecular weight excluding hydrogens is 263 g/mol. The van der Waals surface area contributed by atoms with Crippen LogP contribution in [-0.4, -0.2) is 23.1 Å². The Morgan fingerprint density at radius 3 is 2.50 bits per heavy atom. The predicted molar refractivity (Wildman–Crippen MR) is 72.8 cm³/mol. The van der Waals surface area contributed by atoms with Crippen molar-refractivity contribution < 1.29 is 19.1 Å². The fraction of sp³-hybridized carbons (Fsp3) is 0.429. The Morgan fingerprint density at radius 2 is 1.95 bits per heavy atom. The summed E-state index contributed by atoms with van der Waals surface area (Å²) in [7, 11) is 0. The van der Waals surface area contributed by atoms with Crippen LogP contribution in [0.4, 0.5) is 9.18 Å². The number of aliphatic carboxylic acids is 1. The highest BCUT2D eigenvalue weighted by atomic mass is 19.1. The zero-order valence-electron chi connectivity index (χ0n) is 11.5. The minimum absolute atomic E-state index is 0.141. The van der Waals surface area contributed by atoms with Crippen molar-refractivity contribution in [1.29, 1.82) is 0 Å². The third-order valence-electron chi connectivity index (χ3n) is 2.97. The number of carbonyl (C=O) groups excluding carboxylic acids is 1. The van der Waals surface area contributed by atoms with Gasteiger partial charge in [-0.1, -0.05) is 25.1 Å². The van der Waals surface area contributed by atoms with Crippen LogP contribution in [0, 0.1) is 5.82 Å². The molecule has 0 saturated carbocycles. The van der Waals surface area contributed by atoms with Crippen LogP contribution in [0.15, 0.2) is 24.3 Å². The molecule has 0 heterocycles. The van der Waals surface area contributed by atoms with Gasteiger partial charge >= 0.3 is 12.0 Å². The van der Waals surface area contributed by atoms with Crippen molar-refractivity contribution in [2.45, 2.75) is 38.8 Å². The molecule has 0 aromatic heterocycles. The zero-order valence-corrected chi connectivity index (χ0v) is 11.5. The summed E-state index contributed by atoms with van der Waals surface area (Å²) < 4.78 is 13.5. The van der Waals surface area contributed by atoms with Crippen LogP contribution in [0.2, 0.25) is 0 Å². The van der Waals surface area contributed by atoms with E-state index < -0.39 is 29.9 Å². The van der Waals surface area contributed by atoms with Crippen LogP contribution in [0.1, 0.15) is 38.3 Å². The first-order valence-electron chi connectivity index (χ1n) is 6.47. The molecule has 0 fully saturated rings. The Morgan fingerprint density at radius 1 is 1.30 bits per heavy atom. The summed E-state index contributed by atoms with van der Waals surface area (Å²) in [6.45, 7) is 3.45. The van der Waals surface area contributed by atoms with E-state index in [1.165, 1.54) is 6.07 Å². The van der Waals surface area contributed by atoms with Crippen LogP contribution in [0.5, 0.6) is 0 Å². The lowest BCUT2D eigenvalue weighted by atomic mass is 10.1. The normalized spacial score (nSPS) is 13.3. The molecule has 5 nitrogen and oxygen atoms in total. The summed E-state index contributed by atoms with van der Waals surface area (Å²) in [4.78, 5) is 22.4. The molecule has 110 valence electrons. The summed E-state index contributed by atoms with van der Waals surface area (Å²) in [6.07, 6.45) is 0.367. The third-order valence-corrected chi connectivity index (χ3v) is 2.97. The Bertz CT molecular complexity index is 479. The van der Waals surface area contributed by atoms with Crippen molar-refractivity contribution in [3.05, 3.63) is 35.6 Å². The Labute approximate surface area is 117 Å². The van der Waals surface area contributed by atoms with E-state index in [0.29, 0.717) is 12.0 Å². The average molecular weight is 282 g/mol. The lowest BCUT2D eigenvalue weighted by molar-refractivity contribution is -0.137. The fourth-order valence-corrected chi connectivity index (χ4v) is 1.84. The zero-order chi connectivity index (χ0) is 15.1. The van der Waals surface area contributed by atoms with Gasteiger partial charge in [0.25, 0.3) is 0 Å². The van der Waals surface area contributed by atoms with Crippen molar-refractivity contribution in [3.63, 3.8) is 0 Å². The highest BCUT2D eigenvalue weighted by molar-refractivity contribution is 5.76. The van der Waals surface area contributed by atoms with Gasteiger partial charge in [-0.15, -0.1) is 0 Å². The fourth-order valence-electron chi connectivity index (χ4n) is 1.84. The minimum atomic E-state index is -0.973. The van der Waals surface area contributed by atoms with Gasteiger partial charge < -0.3 is 15.7 Å². The first kappa shape index (κ1) is 15.9. The molecule has 1 rings (SSSR count). The number of carbonyl (C=O) groups is 2. The van der Waals surface area contributed by atoms with E-state index in [2.05, 4.69) is 10.6 Å². The van der Waals surface area contributed by atoms with Crippen LogP contribution in [0.3, 0.4) is 0 Å². The van der Waals surface area contributed by atoms with E-state index in [9.17, 15) is 14.0 Å². The molecule has 20 heavy (non-hydrogen) atoms. The second kappa shape index (κ2) is 7.47. The minimum Gasteiger partial charge on any atom is -0.481 e. The number of hydrogen-bond donors (Lipinski definition) is 3. The number of hydrogen-bond acceptors (Lipinski definition) is 2. The number of urea groups is 1. The second-order valence-electron chi connectivity index (χ2n) is 4.56. The van der Waals surface area contributed by atoms with Gasteiger partial charge in [-0.2, -0.15) is 0 Å². The lowest BCUT2D eigenvalue weighted by Crippen LogP contribution is -2.43. The Hall–Kier alpha value is -2.11. The van der Waals surface area contributed by atoms with E-state index in [1.807, 2.05) is 0 Å². The van der Waals surface area contributed by atoms with Crippen molar-refractivity contribution in [3.8, 4) is 0 Å². The number of carboxylic acids is 1. The predicted octanol–water partition coefficient (Wildman–Crippen LogP) is 2.44. The van der Waals surface area contributed by atoms with Gasteiger partial charge in [-0.25, -0.2) is 9.18 Å². The van der Waals surface area contributed by atoms with E-state index in [-0.39, 0.29) is 6.42 Å². The van der Waals surface area contributed by atoms with Gasteiger partial charge in [0.2, 0.25) is 0 Å². The maximum absolute atomic E-state index is 13.5. The maximum Gasteiger partial charge on any atom is 0.315 e. The standard InChI is InChI=1S/C14H19FN2O3/c1-3-10(8-13(18)19)17-14(20)16-9(2)11-6-4-5-7-12(11)15/h4-7,9-10H,3,8H2,1-2H3,(H,18,19)(H2,16,17,20). The molecule has 0 spiro atoms. The molecule has 0 aliphatic carbocycles. The van der Waals surface area contributed by atoms with Gasteiger partial charge in [0.15, 0.2) is 0 Å². The number of halogens is 1. The van der Waals surface area contributed by atoms with Crippen LogP contribution in [0.25, 0.3) is 0 Å². The molecule has 0 radical (unpaired) electrons. The second-order valence-corrected chi connectivity index (χ2v) is 4.56.